The molecule has 3 aromatic rings. The first kappa shape index (κ1) is 24.3. The van der Waals surface area contributed by atoms with Gasteiger partial charge in [-0.1, -0.05) is 0 Å². The van der Waals surface area contributed by atoms with Crippen LogP contribution < -0.4 is 15.0 Å². The number of nitriles is 1. The third kappa shape index (κ3) is 5.46. The number of alkyl carbamates (subject to hydrolysis) is 1. The largest absolute Gasteiger partial charge is 0.492 e. The van der Waals surface area contributed by atoms with Crippen LogP contribution >= 0.6 is 0 Å². The topological polar surface area (TPSA) is 125 Å². The van der Waals surface area contributed by atoms with Gasteiger partial charge in [0, 0.05) is 30.4 Å². The summed E-state index contributed by atoms with van der Waals surface area (Å²) in [6.45, 7) is 8.80. The molecule has 0 aromatic carbocycles. The molecule has 0 radical (unpaired) electrons. The maximum atomic E-state index is 12.2. The van der Waals surface area contributed by atoms with Crippen molar-refractivity contribution in [3.63, 3.8) is 0 Å². The van der Waals surface area contributed by atoms with E-state index in [1.165, 1.54) is 6.20 Å². The van der Waals surface area contributed by atoms with Gasteiger partial charge in [-0.25, -0.2) is 14.3 Å². The number of nitrogens with zero attached hydrogens (tertiary/aromatic N) is 5. The minimum absolute atomic E-state index is 0.401. The molecule has 1 amide bonds. The average molecular weight is 479 g/mol. The summed E-state index contributed by atoms with van der Waals surface area (Å²) < 4.78 is 12.7. The van der Waals surface area contributed by atoms with Crippen LogP contribution in [0.3, 0.4) is 0 Å². The van der Waals surface area contributed by atoms with E-state index in [4.69, 9.17) is 9.47 Å². The molecule has 35 heavy (non-hydrogen) atoms. The molecule has 2 N–H and O–H groups in total. The number of hydrogen-bond donors (Lipinski definition) is 2. The Labute approximate surface area is 204 Å². The second-order valence-electron chi connectivity index (χ2n) is 9.45. The summed E-state index contributed by atoms with van der Waals surface area (Å²) in [5, 5.41) is 27.0. The Morgan fingerprint density at radius 1 is 1.34 bits per heavy atom. The highest BCUT2D eigenvalue weighted by Crippen LogP contribution is 2.31. The van der Waals surface area contributed by atoms with Gasteiger partial charge in [0.25, 0.3) is 0 Å². The Morgan fingerprint density at radius 2 is 2.14 bits per heavy atom. The molecule has 1 saturated heterocycles. The number of hydrogen-bond acceptors (Lipinski definition) is 8. The monoisotopic (exact) mass is 478 g/mol. The quantitative estimate of drug-likeness (QED) is 0.573. The first-order valence-electron chi connectivity index (χ1n) is 11.6. The van der Waals surface area contributed by atoms with Crippen LogP contribution in [0.25, 0.3) is 16.6 Å². The first-order valence-corrected chi connectivity index (χ1v) is 11.6. The van der Waals surface area contributed by atoms with Gasteiger partial charge >= 0.3 is 6.09 Å². The number of ether oxygens (including phenoxy) is 2. The van der Waals surface area contributed by atoms with Crippen LogP contribution in [0.1, 0.15) is 39.7 Å². The average Bonchev–Trinajstić information content (AvgIpc) is 3.22. The van der Waals surface area contributed by atoms with Gasteiger partial charge in [-0.2, -0.15) is 10.4 Å². The third-order valence-corrected chi connectivity index (χ3v) is 5.68. The van der Waals surface area contributed by atoms with Crippen molar-refractivity contribution in [2.45, 2.75) is 51.9 Å². The number of carbonyl (C=O) groups excluding carboxylic acids is 1. The number of aliphatic hydroxyl groups excluding tert-OH is 1. The molecule has 0 unspecified atom stereocenters. The fraction of sp³-hybridized carbons (Fsp3) is 0.440. The number of aromatic nitrogens is 3. The summed E-state index contributed by atoms with van der Waals surface area (Å²) in [7, 11) is 0. The van der Waals surface area contributed by atoms with E-state index in [1.807, 2.05) is 30.0 Å². The predicted molar refractivity (Wildman–Crippen MR) is 130 cm³/mol. The van der Waals surface area contributed by atoms with Crippen LogP contribution in [0.4, 0.5) is 10.6 Å². The Bertz CT molecular complexity index is 1240. The van der Waals surface area contributed by atoms with Gasteiger partial charge in [-0.05, 0) is 52.3 Å². The molecular weight excluding hydrogens is 448 g/mol. The SMILES string of the molecule is CCOc1cc(-c2ccc(N3CC[C@@H](O)[C@H](NC(=O)OC(C)(C)C)C3)nc2)c2c(C#N)cnn2c1. The zero-order valence-electron chi connectivity index (χ0n) is 20.4. The summed E-state index contributed by atoms with van der Waals surface area (Å²) >= 11 is 0. The van der Waals surface area contributed by atoms with E-state index in [9.17, 15) is 15.2 Å². The third-order valence-electron chi connectivity index (χ3n) is 5.68. The van der Waals surface area contributed by atoms with E-state index in [0.717, 1.165) is 16.9 Å². The molecule has 2 atom stereocenters. The number of aliphatic hydroxyl groups is 1. The highest BCUT2D eigenvalue weighted by molar-refractivity contribution is 5.85. The number of anilines is 1. The molecule has 4 rings (SSSR count). The minimum atomic E-state index is -0.668. The van der Waals surface area contributed by atoms with Crippen LogP contribution in [0, 0.1) is 11.3 Å². The Morgan fingerprint density at radius 3 is 2.80 bits per heavy atom. The lowest BCUT2D eigenvalue weighted by molar-refractivity contribution is 0.0399. The molecule has 0 aliphatic carbocycles. The highest BCUT2D eigenvalue weighted by Gasteiger charge is 2.31. The van der Waals surface area contributed by atoms with Crippen LogP contribution in [-0.2, 0) is 4.74 Å². The number of carbonyl (C=O) groups is 1. The molecule has 10 nitrogen and oxygen atoms in total. The zero-order chi connectivity index (χ0) is 25.2. The van der Waals surface area contributed by atoms with Gasteiger partial charge in [0.05, 0.1) is 42.2 Å². The molecule has 3 aromatic heterocycles. The van der Waals surface area contributed by atoms with E-state index in [2.05, 4.69) is 21.5 Å². The van der Waals surface area contributed by atoms with Crippen LogP contribution in [0.15, 0.2) is 36.8 Å². The van der Waals surface area contributed by atoms with Crippen LogP contribution in [0.2, 0.25) is 0 Å². The number of nitrogens with one attached hydrogen (secondary N) is 1. The number of fused-ring (bicyclic) bond motifs is 1. The van der Waals surface area contributed by atoms with E-state index < -0.39 is 23.8 Å². The molecule has 0 bridgehead atoms. The van der Waals surface area contributed by atoms with Gasteiger partial charge in [0.15, 0.2) is 0 Å². The van der Waals surface area contributed by atoms with Crippen molar-refractivity contribution in [2.24, 2.45) is 0 Å². The first-order chi connectivity index (χ1) is 16.7. The molecule has 1 aliphatic rings. The van der Waals surface area contributed by atoms with Crippen molar-refractivity contribution in [1.82, 2.24) is 19.9 Å². The smallest absolute Gasteiger partial charge is 0.408 e. The zero-order valence-corrected chi connectivity index (χ0v) is 20.4. The lowest BCUT2D eigenvalue weighted by Crippen LogP contribution is -2.56. The molecular formula is C25H30N6O4. The maximum Gasteiger partial charge on any atom is 0.408 e. The van der Waals surface area contributed by atoms with E-state index in [-0.39, 0.29) is 0 Å². The maximum absolute atomic E-state index is 12.2. The van der Waals surface area contributed by atoms with E-state index in [1.54, 1.807) is 37.7 Å². The normalized spacial score (nSPS) is 18.2. The molecule has 1 aliphatic heterocycles. The van der Waals surface area contributed by atoms with Crippen molar-refractivity contribution in [2.75, 3.05) is 24.6 Å². The number of rotatable bonds is 5. The number of pyridine rings is 2. The van der Waals surface area contributed by atoms with Gasteiger partial charge < -0.3 is 24.8 Å². The van der Waals surface area contributed by atoms with Crippen molar-refractivity contribution in [3.8, 4) is 22.9 Å². The van der Waals surface area contributed by atoms with Crippen molar-refractivity contribution in [1.29, 1.82) is 5.26 Å². The van der Waals surface area contributed by atoms with Crippen LogP contribution in [-0.4, -0.2) is 63.2 Å². The van der Waals surface area contributed by atoms with Crippen molar-refractivity contribution >= 4 is 17.4 Å². The summed E-state index contributed by atoms with van der Waals surface area (Å²) in [6.07, 6.45) is 4.30. The number of piperidine rings is 1. The summed E-state index contributed by atoms with van der Waals surface area (Å²) in [5.41, 5.74) is 2.15. The van der Waals surface area contributed by atoms with Crippen molar-refractivity contribution < 1.29 is 19.4 Å². The van der Waals surface area contributed by atoms with E-state index in [0.29, 0.717) is 42.9 Å². The fourth-order valence-corrected chi connectivity index (χ4v) is 4.13. The van der Waals surface area contributed by atoms with E-state index >= 15 is 0 Å². The standard InChI is InChI=1S/C25H30N6O4/c1-5-34-18-10-19(23-17(11-26)13-28-31(23)14-18)16-6-7-22(27-12-16)30-9-8-21(32)20(15-30)29-24(33)35-25(2,3)4/h6-7,10,12-14,20-21,32H,5,8-9,15H2,1-4H3,(H,29,33)/t20-,21-/m1/s1. The lowest BCUT2D eigenvalue weighted by atomic mass is 10.0. The molecule has 1 fully saturated rings. The van der Waals surface area contributed by atoms with Crippen molar-refractivity contribution in [3.05, 3.63) is 42.4 Å². The minimum Gasteiger partial charge on any atom is -0.492 e. The second-order valence-corrected chi connectivity index (χ2v) is 9.45. The Balaban J connectivity index is 1.56. The highest BCUT2D eigenvalue weighted by atomic mass is 16.6. The van der Waals surface area contributed by atoms with Gasteiger partial charge in [-0.15, -0.1) is 0 Å². The molecule has 10 heteroatoms. The van der Waals surface area contributed by atoms with Gasteiger partial charge in [0.2, 0.25) is 0 Å². The number of amides is 1. The van der Waals surface area contributed by atoms with Crippen LogP contribution in [0.5, 0.6) is 5.75 Å². The van der Waals surface area contributed by atoms with Gasteiger partial charge in [-0.3, -0.25) is 0 Å². The molecule has 0 spiro atoms. The Kier molecular flexibility index (Phi) is 6.80. The predicted octanol–water partition coefficient (Wildman–Crippen LogP) is 3.13. The molecule has 4 heterocycles. The van der Waals surface area contributed by atoms with Gasteiger partial charge in [0.1, 0.15) is 23.2 Å². The fourth-order valence-electron chi connectivity index (χ4n) is 4.13. The molecule has 184 valence electrons. The lowest BCUT2D eigenvalue weighted by Gasteiger charge is -2.37. The Hall–Kier alpha value is -3.84. The molecule has 0 saturated carbocycles. The summed E-state index contributed by atoms with van der Waals surface area (Å²) in [4.78, 5) is 18.9. The second kappa shape index (κ2) is 9.80. The summed E-state index contributed by atoms with van der Waals surface area (Å²) in [6, 6.07) is 7.42. The summed E-state index contributed by atoms with van der Waals surface area (Å²) in [5.74, 6) is 1.37.